The first-order valence-corrected chi connectivity index (χ1v) is 6.10. The molecule has 0 aliphatic rings. The molecule has 0 saturated carbocycles. The molecule has 2 aromatic heterocycles. The summed E-state index contributed by atoms with van der Waals surface area (Å²) in [6.45, 7) is 0.862. The van der Waals surface area contributed by atoms with Gasteiger partial charge in [0.05, 0.1) is 18.8 Å². The van der Waals surface area contributed by atoms with Crippen LogP contribution in [0.2, 0.25) is 0 Å². The Labute approximate surface area is 111 Å². The predicted molar refractivity (Wildman–Crippen MR) is 71.0 cm³/mol. The zero-order chi connectivity index (χ0) is 13.8. The number of hydrogen-bond donors (Lipinski definition) is 2. The van der Waals surface area contributed by atoms with Gasteiger partial charge < -0.3 is 15.2 Å². The lowest BCUT2D eigenvalue weighted by Gasteiger charge is -2.04. The van der Waals surface area contributed by atoms with Gasteiger partial charge in [0.15, 0.2) is 5.69 Å². The molecular weight excluding hydrogens is 246 g/mol. The number of imidazole rings is 1. The second-order valence-electron chi connectivity index (χ2n) is 4.21. The van der Waals surface area contributed by atoms with Gasteiger partial charge in [0.1, 0.15) is 11.6 Å². The topological polar surface area (TPSA) is 75.9 Å². The number of rotatable bonds is 6. The fourth-order valence-electron chi connectivity index (χ4n) is 2.01. The Hall–Kier alpha value is -2.08. The maximum absolute atomic E-state index is 11.2. The first-order valence-electron chi connectivity index (χ1n) is 6.10. The molecular formula is C13H17N3O3. The highest BCUT2D eigenvalue weighted by atomic mass is 16.5. The first kappa shape index (κ1) is 13.4. The van der Waals surface area contributed by atoms with E-state index in [1.807, 2.05) is 7.05 Å². The summed E-state index contributed by atoms with van der Waals surface area (Å²) in [5, 5.41) is 12.2. The minimum absolute atomic E-state index is 0.0853. The molecule has 0 radical (unpaired) electrons. The van der Waals surface area contributed by atoms with Crippen LogP contribution in [0.15, 0.2) is 18.3 Å². The predicted octanol–water partition coefficient (Wildman–Crippen LogP) is 1.19. The van der Waals surface area contributed by atoms with E-state index in [1.54, 1.807) is 29.8 Å². The molecule has 2 aromatic rings. The third-order valence-corrected chi connectivity index (χ3v) is 2.95. The molecule has 6 nitrogen and oxygen atoms in total. The molecule has 0 aliphatic carbocycles. The highest BCUT2D eigenvalue weighted by molar-refractivity contribution is 5.93. The van der Waals surface area contributed by atoms with Crippen LogP contribution in [-0.2, 0) is 6.42 Å². The molecule has 0 atom stereocenters. The molecule has 2 rings (SSSR count). The number of aromatic nitrogens is 2. The van der Waals surface area contributed by atoms with Crippen molar-refractivity contribution in [1.29, 1.82) is 0 Å². The summed E-state index contributed by atoms with van der Waals surface area (Å²) in [6, 6.07) is 3.46. The zero-order valence-corrected chi connectivity index (χ0v) is 11.0. The largest absolute Gasteiger partial charge is 0.495 e. The fraction of sp³-hybridized carbons (Fsp3) is 0.385. The summed E-state index contributed by atoms with van der Waals surface area (Å²) < 4.78 is 6.95. The molecule has 2 N–H and O–H groups in total. The normalized spacial score (nSPS) is 10.8. The molecule has 19 heavy (non-hydrogen) atoms. The Balaban J connectivity index is 2.45. The highest BCUT2D eigenvalue weighted by Gasteiger charge is 2.16. The molecule has 0 fully saturated rings. The standard InChI is InChI=1S/C13H17N3O3/c1-14-7-3-4-11-15-12(13(17)18)10-6-5-9(19-2)8-16(10)11/h5-6,8,14H,3-4,7H2,1-2H3,(H,17,18). The minimum atomic E-state index is -1.01. The Morgan fingerprint density at radius 1 is 1.53 bits per heavy atom. The maximum Gasteiger partial charge on any atom is 0.356 e. The lowest BCUT2D eigenvalue weighted by Crippen LogP contribution is -2.09. The SMILES string of the molecule is CNCCCc1nc(C(=O)O)c2ccc(OC)cn12. The third kappa shape index (κ3) is 2.68. The van der Waals surface area contributed by atoms with Crippen molar-refractivity contribution in [3.63, 3.8) is 0 Å². The summed E-state index contributed by atoms with van der Waals surface area (Å²) in [5.74, 6) is 0.404. The van der Waals surface area contributed by atoms with Gasteiger partial charge in [-0.15, -0.1) is 0 Å². The molecule has 0 saturated heterocycles. The van der Waals surface area contributed by atoms with Crippen LogP contribution in [0.5, 0.6) is 5.75 Å². The van der Waals surface area contributed by atoms with Gasteiger partial charge in [-0.25, -0.2) is 9.78 Å². The lowest BCUT2D eigenvalue weighted by atomic mass is 10.3. The van der Waals surface area contributed by atoms with E-state index < -0.39 is 5.97 Å². The Bertz CT molecular complexity index is 592. The number of nitrogens with zero attached hydrogens (tertiary/aromatic N) is 2. The van der Waals surface area contributed by atoms with E-state index >= 15 is 0 Å². The van der Waals surface area contributed by atoms with Crippen LogP contribution in [0.25, 0.3) is 5.52 Å². The quantitative estimate of drug-likeness (QED) is 0.766. The average molecular weight is 263 g/mol. The minimum Gasteiger partial charge on any atom is -0.495 e. The Morgan fingerprint density at radius 3 is 2.95 bits per heavy atom. The van der Waals surface area contributed by atoms with Crippen LogP contribution in [0.4, 0.5) is 0 Å². The van der Waals surface area contributed by atoms with Crippen LogP contribution in [0.3, 0.4) is 0 Å². The van der Waals surface area contributed by atoms with Crippen LogP contribution >= 0.6 is 0 Å². The van der Waals surface area contributed by atoms with Crippen LogP contribution in [-0.4, -0.2) is 41.2 Å². The van der Waals surface area contributed by atoms with Crippen molar-refractivity contribution < 1.29 is 14.6 Å². The lowest BCUT2D eigenvalue weighted by molar-refractivity contribution is 0.0693. The maximum atomic E-state index is 11.2. The molecule has 0 bridgehead atoms. The highest BCUT2D eigenvalue weighted by Crippen LogP contribution is 2.19. The molecule has 102 valence electrons. The molecule has 0 amide bonds. The number of pyridine rings is 1. The van der Waals surface area contributed by atoms with Crippen molar-refractivity contribution >= 4 is 11.5 Å². The van der Waals surface area contributed by atoms with E-state index in [2.05, 4.69) is 10.3 Å². The number of nitrogens with one attached hydrogen (secondary N) is 1. The second kappa shape index (κ2) is 5.71. The van der Waals surface area contributed by atoms with E-state index in [9.17, 15) is 9.90 Å². The number of aromatic carboxylic acids is 1. The van der Waals surface area contributed by atoms with Crippen molar-refractivity contribution in [3.8, 4) is 5.75 Å². The summed E-state index contributed by atoms with van der Waals surface area (Å²) in [4.78, 5) is 15.4. The number of carboxylic acid groups (broad SMARTS) is 1. The summed E-state index contributed by atoms with van der Waals surface area (Å²) >= 11 is 0. The number of aryl methyl sites for hydroxylation is 1. The van der Waals surface area contributed by atoms with E-state index in [4.69, 9.17) is 4.74 Å². The number of ether oxygens (including phenoxy) is 1. The van der Waals surface area contributed by atoms with Gasteiger partial charge in [-0.05, 0) is 32.1 Å². The summed E-state index contributed by atoms with van der Waals surface area (Å²) in [6.07, 6.45) is 3.37. The van der Waals surface area contributed by atoms with E-state index in [-0.39, 0.29) is 5.69 Å². The molecule has 0 aromatic carbocycles. The molecule has 0 aliphatic heterocycles. The van der Waals surface area contributed by atoms with Crippen molar-refractivity contribution in [2.24, 2.45) is 0 Å². The van der Waals surface area contributed by atoms with Gasteiger partial charge in [0, 0.05) is 6.42 Å². The Kier molecular flexibility index (Phi) is 4.01. The molecule has 0 spiro atoms. The van der Waals surface area contributed by atoms with Crippen molar-refractivity contribution in [1.82, 2.24) is 14.7 Å². The summed E-state index contributed by atoms with van der Waals surface area (Å²) in [5.41, 5.74) is 0.676. The van der Waals surface area contributed by atoms with Crippen LogP contribution < -0.4 is 10.1 Å². The fourth-order valence-corrected chi connectivity index (χ4v) is 2.01. The number of fused-ring (bicyclic) bond motifs is 1. The number of hydrogen-bond acceptors (Lipinski definition) is 4. The van der Waals surface area contributed by atoms with Crippen molar-refractivity contribution in [3.05, 3.63) is 29.8 Å². The zero-order valence-electron chi connectivity index (χ0n) is 11.0. The first-order chi connectivity index (χ1) is 9.17. The van der Waals surface area contributed by atoms with E-state index in [0.29, 0.717) is 17.7 Å². The molecule has 2 heterocycles. The summed E-state index contributed by atoms with van der Waals surface area (Å²) in [7, 11) is 3.46. The van der Waals surface area contributed by atoms with E-state index in [1.165, 1.54) is 0 Å². The molecule has 6 heteroatoms. The van der Waals surface area contributed by atoms with Gasteiger partial charge >= 0.3 is 5.97 Å². The van der Waals surface area contributed by atoms with Crippen molar-refractivity contribution in [2.45, 2.75) is 12.8 Å². The third-order valence-electron chi connectivity index (χ3n) is 2.95. The van der Waals surface area contributed by atoms with Gasteiger partial charge in [-0.3, -0.25) is 4.40 Å². The second-order valence-corrected chi connectivity index (χ2v) is 4.21. The van der Waals surface area contributed by atoms with Crippen LogP contribution in [0.1, 0.15) is 22.7 Å². The number of carbonyl (C=O) groups is 1. The number of carboxylic acids is 1. The monoisotopic (exact) mass is 263 g/mol. The van der Waals surface area contributed by atoms with Gasteiger partial charge in [-0.2, -0.15) is 0 Å². The smallest absolute Gasteiger partial charge is 0.356 e. The van der Waals surface area contributed by atoms with E-state index in [0.717, 1.165) is 18.8 Å². The average Bonchev–Trinajstić information content (AvgIpc) is 2.77. The Morgan fingerprint density at radius 2 is 2.32 bits per heavy atom. The van der Waals surface area contributed by atoms with Gasteiger partial charge in [0.25, 0.3) is 0 Å². The van der Waals surface area contributed by atoms with Gasteiger partial charge in [-0.1, -0.05) is 0 Å². The van der Waals surface area contributed by atoms with Crippen LogP contribution in [0, 0.1) is 0 Å². The number of methoxy groups -OCH3 is 1. The van der Waals surface area contributed by atoms with Crippen molar-refractivity contribution in [2.75, 3.05) is 20.7 Å². The molecule has 0 unspecified atom stereocenters. The van der Waals surface area contributed by atoms with Gasteiger partial charge in [0.2, 0.25) is 0 Å².